The lowest BCUT2D eigenvalue weighted by Crippen LogP contribution is -2.40. The van der Waals surface area contributed by atoms with Gasteiger partial charge in [0.05, 0.1) is 13.2 Å². The first-order chi connectivity index (χ1) is 13.4. The molecular formula is C20H23FN2O4S. The fourth-order valence-corrected chi connectivity index (χ4v) is 4.52. The van der Waals surface area contributed by atoms with Crippen LogP contribution in [0, 0.1) is 5.82 Å². The minimum atomic E-state index is -4.00. The highest BCUT2D eigenvalue weighted by molar-refractivity contribution is 7.89. The first-order valence-electron chi connectivity index (χ1n) is 9.19. The third-order valence-corrected chi connectivity index (χ3v) is 6.45. The molecule has 1 aliphatic rings. The number of carbonyl (C=O) groups is 1. The number of nitrogens with zero attached hydrogens (tertiary/aromatic N) is 1. The van der Waals surface area contributed by atoms with Crippen molar-refractivity contribution in [3.8, 4) is 0 Å². The van der Waals surface area contributed by atoms with Crippen molar-refractivity contribution in [2.45, 2.75) is 24.7 Å². The lowest BCUT2D eigenvalue weighted by molar-refractivity contribution is 0.0729. The molecule has 0 bridgehead atoms. The van der Waals surface area contributed by atoms with E-state index in [0.717, 1.165) is 30.5 Å². The normalized spacial score (nSPS) is 15.4. The Labute approximate surface area is 164 Å². The van der Waals surface area contributed by atoms with Gasteiger partial charge < -0.3 is 10.1 Å². The molecule has 28 heavy (non-hydrogen) atoms. The van der Waals surface area contributed by atoms with E-state index in [4.69, 9.17) is 4.74 Å². The summed E-state index contributed by atoms with van der Waals surface area (Å²) in [4.78, 5) is 12.0. The molecule has 2 aromatic rings. The first kappa shape index (κ1) is 20.4. The van der Waals surface area contributed by atoms with E-state index in [9.17, 15) is 17.6 Å². The number of aryl methyl sites for hydroxylation is 1. The maximum Gasteiger partial charge on any atom is 0.255 e. The second-order valence-corrected chi connectivity index (χ2v) is 8.47. The summed E-state index contributed by atoms with van der Waals surface area (Å²) in [5.41, 5.74) is 1.80. The van der Waals surface area contributed by atoms with E-state index in [1.54, 1.807) is 12.1 Å². The molecule has 0 saturated carbocycles. The Kier molecular flexibility index (Phi) is 6.43. The van der Waals surface area contributed by atoms with Crippen LogP contribution in [0.1, 0.15) is 29.3 Å². The van der Waals surface area contributed by atoms with E-state index >= 15 is 0 Å². The SMILES string of the molecule is CCCc1ccc(C(=O)Nc2ccc(F)c(S(=O)(=O)N3CCOCC3)c2)cc1. The van der Waals surface area contributed by atoms with Gasteiger partial charge in [-0.1, -0.05) is 25.5 Å². The number of amides is 1. The van der Waals surface area contributed by atoms with Crippen molar-refractivity contribution in [1.82, 2.24) is 4.31 Å². The molecule has 1 aliphatic heterocycles. The van der Waals surface area contributed by atoms with Gasteiger partial charge in [-0.2, -0.15) is 4.31 Å². The van der Waals surface area contributed by atoms with E-state index in [2.05, 4.69) is 12.2 Å². The molecule has 8 heteroatoms. The van der Waals surface area contributed by atoms with Gasteiger partial charge in [0.25, 0.3) is 5.91 Å². The average Bonchev–Trinajstić information content (AvgIpc) is 2.71. The number of carbonyl (C=O) groups excluding carboxylic acids is 1. The summed E-state index contributed by atoms with van der Waals surface area (Å²) in [6.45, 7) is 2.96. The summed E-state index contributed by atoms with van der Waals surface area (Å²) in [5.74, 6) is -1.24. The third-order valence-electron chi connectivity index (χ3n) is 4.53. The van der Waals surface area contributed by atoms with Gasteiger partial charge in [0, 0.05) is 24.3 Å². The molecule has 0 radical (unpaired) electrons. The molecule has 1 heterocycles. The topological polar surface area (TPSA) is 75.7 Å². The Morgan fingerprint density at radius 3 is 2.46 bits per heavy atom. The average molecular weight is 406 g/mol. The van der Waals surface area contributed by atoms with Crippen LogP contribution in [0.2, 0.25) is 0 Å². The zero-order chi connectivity index (χ0) is 20.1. The maximum absolute atomic E-state index is 14.2. The summed E-state index contributed by atoms with van der Waals surface area (Å²) in [5, 5.41) is 2.64. The molecule has 1 saturated heterocycles. The Morgan fingerprint density at radius 2 is 1.82 bits per heavy atom. The van der Waals surface area contributed by atoms with Crippen LogP contribution < -0.4 is 5.32 Å². The number of hydrogen-bond acceptors (Lipinski definition) is 4. The van der Waals surface area contributed by atoms with Gasteiger partial charge >= 0.3 is 0 Å². The van der Waals surface area contributed by atoms with Crippen molar-refractivity contribution < 1.29 is 22.3 Å². The zero-order valence-corrected chi connectivity index (χ0v) is 16.5. The Morgan fingerprint density at radius 1 is 1.14 bits per heavy atom. The minimum absolute atomic E-state index is 0.169. The number of hydrogen-bond donors (Lipinski definition) is 1. The number of ether oxygens (including phenoxy) is 1. The van der Waals surface area contributed by atoms with Crippen LogP contribution in [-0.4, -0.2) is 44.9 Å². The Balaban J connectivity index is 1.80. The summed E-state index contributed by atoms with van der Waals surface area (Å²) >= 11 is 0. The third kappa shape index (κ3) is 4.57. The predicted octanol–water partition coefficient (Wildman–Crippen LogP) is 3.05. The van der Waals surface area contributed by atoms with Crippen molar-refractivity contribution in [3.05, 3.63) is 59.4 Å². The van der Waals surface area contributed by atoms with Gasteiger partial charge in [-0.25, -0.2) is 12.8 Å². The number of benzene rings is 2. The predicted molar refractivity (Wildman–Crippen MR) is 104 cm³/mol. The van der Waals surface area contributed by atoms with E-state index in [0.29, 0.717) is 5.56 Å². The lowest BCUT2D eigenvalue weighted by atomic mass is 10.1. The molecule has 0 unspecified atom stereocenters. The molecule has 0 aromatic heterocycles. The summed E-state index contributed by atoms with van der Waals surface area (Å²) < 4.78 is 46.1. The molecule has 3 rings (SSSR count). The minimum Gasteiger partial charge on any atom is -0.379 e. The van der Waals surface area contributed by atoms with Gasteiger partial charge in [0.15, 0.2) is 0 Å². The molecule has 150 valence electrons. The van der Waals surface area contributed by atoms with Crippen LogP contribution in [-0.2, 0) is 21.2 Å². The molecule has 0 atom stereocenters. The molecule has 0 aliphatic carbocycles. The van der Waals surface area contributed by atoms with Crippen LogP contribution in [0.3, 0.4) is 0 Å². The van der Waals surface area contributed by atoms with Gasteiger partial charge in [-0.3, -0.25) is 4.79 Å². The maximum atomic E-state index is 14.2. The number of rotatable bonds is 6. The monoisotopic (exact) mass is 406 g/mol. The number of anilines is 1. The van der Waals surface area contributed by atoms with Crippen LogP contribution in [0.5, 0.6) is 0 Å². The summed E-state index contributed by atoms with van der Waals surface area (Å²) in [6, 6.07) is 10.8. The highest BCUT2D eigenvalue weighted by atomic mass is 32.2. The Bertz CT molecular complexity index is 939. The second kappa shape index (κ2) is 8.81. The van der Waals surface area contributed by atoms with Crippen LogP contribution in [0.4, 0.5) is 10.1 Å². The standard InChI is InChI=1S/C20H23FN2O4S/c1-2-3-15-4-6-16(7-5-15)20(24)22-17-8-9-18(21)19(14-17)28(25,26)23-10-12-27-13-11-23/h4-9,14H,2-3,10-13H2,1H3,(H,22,24). The molecule has 1 N–H and O–H groups in total. The summed E-state index contributed by atoms with van der Waals surface area (Å²) in [7, 11) is -4.00. The highest BCUT2D eigenvalue weighted by Gasteiger charge is 2.29. The smallest absolute Gasteiger partial charge is 0.255 e. The lowest BCUT2D eigenvalue weighted by Gasteiger charge is -2.26. The van der Waals surface area contributed by atoms with E-state index < -0.39 is 20.7 Å². The zero-order valence-electron chi connectivity index (χ0n) is 15.7. The van der Waals surface area contributed by atoms with Crippen molar-refractivity contribution in [2.24, 2.45) is 0 Å². The van der Waals surface area contributed by atoms with E-state index in [-0.39, 0.29) is 37.9 Å². The number of morpholine rings is 1. The van der Waals surface area contributed by atoms with Crippen molar-refractivity contribution in [3.63, 3.8) is 0 Å². The second-order valence-electron chi connectivity index (χ2n) is 6.56. The molecule has 1 amide bonds. The van der Waals surface area contributed by atoms with Crippen LogP contribution in [0.25, 0.3) is 0 Å². The van der Waals surface area contributed by atoms with Crippen molar-refractivity contribution in [2.75, 3.05) is 31.6 Å². The fraction of sp³-hybridized carbons (Fsp3) is 0.350. The largest absolute Gasteiger partial charge is 0.379 e. The fourth-order valence-electron chi connectivity index (χ4n) is 3.02. The van der Waals surface area contributed by atoms with Crippen LogP contribution >= 0.6 is 0 Å². The quantitative estimate of drug-likeness (QED) is 0.800. The number of nitrogens with one attached hydrogen (secondary N) is 1. The number of halogens is 1. The van der Waals surface area contributed by atoms with E-state index in [1.807, 2.05) is 12.1 Å². The van der Waals surface area contributed by atoms with Gasteiger partial charge in [-0.15, -0.1) is 0 Å². The van der Waals surface area contributed by atoms with Crippen molar-refractivity contribution >= 4 is 21.6 Å². The molecule has 1 fully saturated rings. The number of sulfonamides is 1. The van der Waals surface area contributed by atoms with E-state index in [1.165, 1.54) is 10.4 Å². The van der Waals surface area contributed by atoms with Gasteiger partial charge in [0.2, 0.25) is 10.0 Å². The summed E-state index contributed by atoms with van der Waals surface area (Å²) in [6.07, 6.45) is 1.95. The van der Waals surface area contributed by atoms with Crippen LogP contribution in [0.15, 0.2) is 47.4 Å². The molecule has 0 spiro atoms. The highest BCUT2D eigenvalue weighted by Crippen LogP contribution is 2.24. The molecule has 6 nitrogen and oxygen atoms in total. The van der Waals surface area contributed by atoms with Gasteiger partial charge in [-0.05, 0) is 42.3 Å². The molecule has 2 aromatic carbocycles. The first-order valence-corrected chi connectivity index (χ1v) is 10.6. The van der Waals surface area contributed by atoms with Crippen molar-refractivity contribution in [1.29, 1.82) is 0 Å². The molecular weight excluding hydrogens is 383 g/mol. The Hall–Kier alpha value is -2.29. The van der Waals surface area contributed by atoms with Gasteiger partial charge in [0.1, 0.15) is 10.7 Å².